The van der Waals surface area contributed by atoms with Crippen LogP contribution in [0.2, 0.25) is 0 Å². The molecule has 0 radical (unpaired) electrons. The van der Waals surface area contributed by atoms with Crippen molar-refractivity contribution in [2.75, 3.05) is 26.3 Å². The maximum Gasteiger partial charge on any atom is 0.199 e. The molecule has 1 aliphatic heterocycles. The first-order valence-corrected chi connectivity index (χ1v) is 11.0. The molecule has 1 aliphatic rings. The Morgan fingerprint density at radius 3 is 2.83 bits per heavy atom. The lowest BCUT2D eigenvalue weighted by Gasteiger charge is -2.27. The van der Waals surface area contributed by atoms with Crippen LogP contribution in [0, 0.1) is 0 Å². The molecule has 0 amide bonds. The highest BCUT2D eigenvalue weighted by Gasteiger charge is 2.20. The molecule has 7 heteroatoms. The monoisotopic (exact) mass is 421 g/mol. The van der Waals surface area contributed by atoms with Gasteiger partial charge in [-0.15, -0.1) is 11.3 Å². The molecule has 1 saturated heterocycles. The molecule has 0 spiro atoms. The number of thiazole rings is 1. The summed E-state index contributed by atoms with van der Waals surface area (Å²) in [5.74, 6) is 0.278. The molecule has 0 atom stereocenters. The summed E-state index contributed by atoms with van der Waals surface area (Å²) in [5.41, 5.74) is 3.67. The molecule has 30 heavy (non-hydrogen) atoms. The number of aromatic nitrogens is 2. The maximum absolute atomic E-state index is 13.5. The van der Waals surface area contributed by atoms with E-state index in [2.05, 4.69) is 14.9 Å². The predicted molar refractivity (Wildman–Crippen MR) is 120 cm³/mol. The fourth-order valence-electron chi connectivity index (χ4n) is 4.04. The number of phenolic OH excluding ortho intramolecular Hbond substituents is 1. The lowest BCUT2D eigenvalue weighted by atomic mass is 9.99. The lowest BCUT2D eigenvalue weighted by molar-refractivity contribution is 0.0340. The lowest BCUT2D eigenvalue weighted by Crippen LogP contribution is -2.35. The Morgan fingerprint density at radius 2 is 2.07 bits per heavy atom. The zero-order valence-electron chi connectivity index (χ0n) is 16.8. The number of nitrogens with zero attached hydrogens (tertiary/aromatic N) is 2. The third-order valence-electron chi connectivity index (χ3n) is 5.72. The van der Waals surface area contributed by atoms with Gasteiger partial charge < -0.3 is 14.8 Å². The molecule has 2 aromatic carbocycles. The summed E-state index contributed by atoms with van der Waals surface area (Å²) in [5, 5.41) is 12.2. The van der Waals surface area contributed by atoms with Gasteiger partial charge in [0.1, 0.15) is 10.8 Å². The summed E-state index contributed by atoms with van der Waals surface area (Å²) in [6.07, 6.45) is 2.39. The van der Waals surface area contributed by atoms with E-state index in [1.54, 1.807) is 6.20 Å². The quantitative estimate of drug-likeness (QED) is 0.522. The molecule has 0 aliphatic carbocycles. The first-order valence-electron chi connectivity index (χ1n) is 10.2. The molecule has 0 unspecified atom stereocenters. The van der Waals surface area contributed by atoms with E-state index >= 15 is 0 Å². The zero-order chi connectivity index (χ0) is 20.7. The molecular formula is C23H23N3O3S. The van der Waals surface area contributed by atoms with Gasteiger partial charge in [0, 0.05) is 36.8 Å². The second-order valence-electron chi connectivity index (χ2n) is 7.55. The molecule has 4 aromatic rings. The average Bonchev–Trinajstić information content (AvgIpc) is 3.20. The van der Waals surface area contributed by atoms with Crippen LogP contribution in [0.5, 0.6) is 5.75 Å². The number of para-hydroxylation sites is 1. The van der Waals surface area contributed by atoms with Gasteiger partial charge >= 0.3 is 0 Å². The summed E-state index contributed by atoms with van der Waals surface area (Å²) in [6.45, 7) is 5.56. The SMILES string of the molecule is CCc1cc2c(=O)c(-c3nc4ccccc4s3)c[nH]c2c(CN2CCOCC2)c1O. The Hall–Kier alpha value is -2.74. The van der Waals surface area contributed by atoms with Gasteiger partial charge in [-0.25, -0.2) is 4.98 Å². The van der Waals surface area contributed by atoms with Gasteiger partial charge in [-0.2, -0.15) is 0 Å². The molecule has 5 rings (SSSR count). The number of aryl methyl sites for hydroxylation is 1. The third-order valence-corrected chi connectivity index (χ3v) is 6.79. The number of fused-ring (bicyclic) bond motifs is 2. The Balaban J connectivity index is 1.67. The minimum atomic E-state index is -0.0549. The van der Waals surface area contributed by atoms with E-state index in [0.29, 0.717) is 47.7 Å². The number of nitrogens with one attached hydrogen (secondary N) is 1. The van der Waals surface area contributed by atoms with Crippen LogP contribution >= 0.6 is 11.3 Å². The van der Waals surface area contributed by atoms with Crippen LogP contribution in [-0.2, 0) is 17.7 Å². The average molecular weight is 422 g/mol. The van der Waals surface area contributed by atoms with Crippen LogP contribution in [0.1, 0.15) is 18.1 Å². The minimum Gasteiger partial charge on any atom is -0.507 e. The molecule has 1 fully saturated rings. The van der Waals surface area contributed by atoms with Crippen LogP contribution in [0.15, 0.2) is 41.3 Å². The number of hydrogen-bond acceptors (Lipinski definition) is 6. The van der Waals surface area contributed by atoms with Gasteiger partial charge in [-0.3, -0.25) is 9.69 Å². The molecule has 0 saturated carbocycles. The van der Waals surface area contributed by atoms with Crippen molar-refractivity contribution in [1.82, 2.24) is 14.9 Å². The van der Waals surface area contributed by atoms with E-state index in [9.17, 15) is 9.90 Å². The summed E-state index contributed by atoms with van der Waals surface area (Å²) < 4.78 is 6.50. The van der Waals surface area contributed by atoms with Crippen molar-refractivity contribution >= 4 is 32.5 Å². The fraction of sp³-hybridized carbons (Fsp3) is 0.304. The molecular weight excluding hydrogens is 398 g/mol. The van der Waals surface area contributed by atoms with E-state index < -0.39 is 0 Å². The van der Waals surface area contributed by atoms with Gasteiger partial charge in [0.15, 0.2) is 5.43 Å². The van der Waals surface area contributed by atoms with Gasteiger partial charge in [0.05, 0.1) is 34.5 Å². The number of H-pyrrole nitrogens is 1. The molecule has 2 aromatic heterocycles. The standard InChI is InChI=1S/C23H23N3O3S/c1-2-14-11-15-20(17(21(14)27)13-26-7-9-29-10-8-26)24-12-16(22(15)28)23-25-18-5-3-4-6-19(18)30-23/h3-6,11-12,27H,2,7-10,13H2,1H3,(H,24,28). The van der Waals surface area contributed by atoms with Crippen LogP contribution in [-0.4, -0.2) is 46.3 Å². The summed E-state index contributed by atoms with van der Waals surface area (Å²) in [7, 11) is 0. The van der Waals surface area contributed by atoms with E-state index in [4.69, 9.17) is 4.74 Å². The highest BCUT2D eigenvalue weighted by molar-refractivity contribution is 7.21. The Bertz CT molecular complexity index is 1260. The molecule has 3 heterocycles. The number of aromatic amines is 1. The van der Waals surface area contributed by atoms with E-state index in [0.717, 1.165) is 34.4 Å². The van der Waals surface area contributed by atoms with Gasteiger partial charge in [0.2, 0.25) is 0 Å². The van der Waals surface area contributed by atoms with Crippen molar-refractivity contribution in [1.29, 1.82) is 0 Å². The van der Waals surface area contributed by atoms with Gasteiger partial charge in [0.25, 0.3) is 0 Å². The number of rotatable bonds is 4. The molecule has 0 bridgehead atoms. The van der Waals surface area contributed by atoms with Crippen LogP contribution in [0.3, 0.4) is 0 Å². The number of aromatic hydroxyl groups is 1. The predicted octanol–water partition coefficient (Wildman–Crippen LogP) is 3.91. The summed E-state index contributed by atoms with van der Waals surface area (Å²) in [4.78, 5) is 23.7. The van der Waals surface area contributed by atoms with Gasteiger partial charge in [-0.05, 0) is 30.2 Å². The van der Waals surface area contributed by atoms with Crippen molar-refractivity contribution < 1.29 is 9.84 Å². The number of ether oxygens (including phenoxy) is 1. The highest BCUT2D eigenvalue weighted by Crippen LogP contribution is 2.33. The topological polar surface area (TPSA) is 78.5 Å². The Kier molecular flexibility index (Phi) is 5.02. The first kappa shape index (κ1) is 19.2. The van der Waals surface area contributed by atoms with E-state index in [1.165, 1.54) is 11.3 Å². The summed E-state index contributed by atoms with van der Waals surface area (Å²) in [6, 6.07) is 9.72. The number of benzene rings is 2. The molecule has 6 nitrogen and oxygen atoms in total. The second-order valence-corrected chi connectivity index (χ2v) is 8.58. The first-order chi connectivity index (χ1) is 14.7. The van der Waals surface area contributed by atoms with Gasteiger partial charge in [-0.1, -0.05) is 19.1 Å². The van der Waals surface area contributed by atoms with Crippen molar-refractivity contribution in [2.45, 2.75) is 19.9 Å². The largest absolute Gasteiger partial charge is 0.507 e. The smallest absolute Gasteiger partial charge is 0.199 e. The fourth-order valence-corrected chi connectivity index (χ4v) is 5.02. The number of hydrogen-bond donors (Lipinski definition) is 2. The minimum absolute atomic E-state index is 0.0549. The van der Waals surface area contributed by atoms with Crippen LogP contribution < -0.4 is 5.43 Å². The Labute approximate surface area is 177 Å². The molecule has 2 N–H and O–H groups in total. The Morgan fingerprint density at radius 1 is 1.27 bits per heavy atom. The van der Waals surface area contributed by atoms with Crippen molar-refractivity contribution in [3.8, 4) is 16.3 Å². The maximum atomic E-state index is 13.5. The van der Waals surface area contributed by atoms with E-state index in [-0.39, 0.29) is 11.2 Å². The number of pyridine rings is 1. The summed E-state index contributed by atoms with van der Waals surface area (Å²) >= 11 is 1.52. The van der Waals surface area contributed by atoms with Crippen molar-refractivity contribution in [3.63, 3.8) is 0 Å². The van der Waals surface area contributed by atoms with Crippen molar-refractivity contribution in [2.24, 2.45) is 0 Å². The van der Waals surface area contributed by atoms with Crippen LogP contribution in [0.4, 0.5) is 0 Å². The highest BCUT2D eigenvalue weighted by atomic mass is 32.1. The normalized spacial score (nSPS) is 15.2. The molecule has 154 valence electrons. The van der Waals surface area contributed by atoms with Crippen molar-refractivity contribution in [3.05, 3.63) is 57.9 Å². The second kappa shape index (κ2) is 7.83. The third kappa shape index (κ3) is 3.29. The van der Waals surface area contributed by atoms with Crippen LogP contribution in [0.25, 0.3) is 31.7 Å². The number of morpholine rings is 1. The zero-order valence-corrected chi connectivity index (χ0v) is 17.6. The van der Waals surface area contributed by atoms with E-state index in [1.807, 2.05) is 37.3 Å². The number of phenols is 1.